The quantitative estimate of drug-likeness (QED) is 0.387. The number of hydrogen-bond donors (Lipinski definition) is 0. The smallest absolute Gasteiger partial charge is 0.337 e. The third-order valence-electron chi connectivity index (χ3n) is 3.91. The van der Waals surface area contributed by atoms with E-state index in [4.69, 9.17) is 20.9 Å². The van der Waals surface area contributed by atoms with E-state index in [1.807, 2.05) is 0 Å². The first-order valence-electron chi connectivity index (χ1n) is 7.55. The minimum atomic E-state index is -0.471. The third kappa shape index (κ3) is 2.62. The number of hydrogen-bond acceptors (Lipinski definition) is 6. The molecule has 6 nitrogen and oxygen atoms in total. The van der Waals surface area contributed by atoms with E-state index in [1.54, 1.807) is 18.2 Å². The van der Waals surface area contributed by atoms with Gasteiger partial charge in [-0.05, 0) is 42.5 Å². The summed E-state index contributed by atoms with van der Waals surface area (Å²) < 4.78 is 24.9. The number of aromatic nitrogens is 2. The molecule has 0 spiro atoms. The molecule has 0 atom stereocenters. The number of esters is 1. The van der Waals surface area contributed by atoms with Gasteiger partial charge in [0.05, 0.1) is 23.7 Å². The van der Waals surface area contributed by atoms with Crippen LogP contribution >= 0.6 is 11.8 Å². The fourth-order valence-corrected chi connectivity index (χ4v) is 2.92. The van der Waals surface area contributed by atoms with Gasteiger partial charge in [0.2, 0.25) is 5.71 Å². The highest BCUT2D eigenvalue weighted by molar-refractivity contribution is 6.31. The average molecular weight is 372 g/mol. The van der Waals surface area contributed by atoms with Gasteiger partial charge in [-0.2, -0.15) is 0 Å². The van der Waals surface area contributed by atoms with Gasteiger partial charge in [0.1, 0.15) is 17.7 Å². The second kappa shape index (κ2) is 6.27. The molecule has 0 aliphatic carbocycles. The van der Waals surface area contributed by atoms with Gasteiger partial charge in [0, 0.05) is 17.2 Å². The highest BCUT2D eigenvalue weighted by atomic mass is 35.5. The number of carbonyl (C=O) groups is 1. The molecule has 0 radical (unpaired) electrons. The summed E-state index contributed by atoms with van der Waals surface area (Å²) in [5.41, 5.74) is 1.73. The molecule has 0 saturated carbocycles. The van der Waals surface area contributed by atoms with Gasteiger partial charge in [-0.15, -0.1) is 0 Å². The number of rotatable bonds is 3. The normalized spacial score (nSPS) is 11.0. The fourth-order valence-electron chi connectivity index (χ4n) is 2.68. The maximum Gasteiger partial charge on any atom is 0.337 e. The van der Waals surface area contributed by atoms with Crippen LogP contribution in [-0.4, -0.2) is 23.0 Å². The lowest BCUT2D eigenvalue weighted by atomic mass is 10.1. The van der Waals surface area contributed by atoms with Crippen molar-refractivity contribution in [2.75, 3.05) is 11.5 Å². The van der Waals surface area contributed by atoms with Crippen molar-refractivity contribution in [1.29, 1.82) is 0 Å². The first kappa shape index (κ1) is 16.3. The first-order valence-corrected chi connectivity index (χ1v) is 7.89. The molecule has 8 heteroatoms. The van der Waals surface area contributed by atoms with Crippen LogP contribution in [0.25, 0.3) is 22.1 Å². The zero-order valence-corrected chi connectivity index (χ0v) is 14.2. The third-order valence-corrected chi connectivity index (χ3v) is 4.26. The van der Waals surface area contributed by atoms with Gasteiger partial charge in [-0.25, -0.2) is 23.6 Å². The zero-order chi connectivity index (χ0) is 18.3. The summed E-state index contributed by atoms with van der Waals surface area (Å²) in [6.45, 7) is 0. The Morgan fingerprint density at radius 1 is 1.19 bits per heavy atom. The Labute approximate surface area is 151 Å². The molecule has 0 unspecified atom stereocenters. The van der Waals surface area contributed by atoms with Crippen molar-refractivity contribution in [2.24, 2.45) is 0 Å². The number of ether oxygens (including phenoxy) is 1. The molecule has 0 aliphatic rings. The summed E-state index contributed by atoms with van der Waals surface area (Å²) in [4.78, 5) is 20.2. The number of halogens is 2. The largest absolute Gasteiger partial charge is 0.465 e. The topological polar surface area (TPSA) is 68.5 Å². The first-order chi connectivity index (χ1) is 12.6. The Morgan fingerprint density at radius 3 is 2.69 bits per heavy atom. The monoisotopic (exact) mass is 371 g/mol. The molecule has 4 aromatic rings. The Morgan fingerprint density at radius 2 is 1.96 bits per heavy atom. The minimum absolute atomic E-state index is 0.319. The van der Waals surface area contributed by atoms with E-state index >= 15 is 0 Å². The molecule has 2 heterocycles. The molecule has 0 fully saturated rings. The lowest BCUT2D eigenvalue weighted by molar-refractivity contribution is 0.0601. The number of methoxy groups -OCH3 is 1. The molecule has 2 aromatic carbocycles. The molecule has 0 N–H and O–H groups in total. The molecule has 0 saturated heterocycles. The van der Waals surface area contributed by atoms with E-state index in [2.05, 4.69) is 9.97 Å². The van der Waals surface area contributed by atoms with Crippen molar-refractivity contribution >= 4 is 51.3 Å². The van der Waals surface area contributed by atoms with E-state index in [9.17, 15) is 9.18 Å². The molecule has 2 aromatic heterocycles. The summed E-state index contributed by atoms with van der Waals surface area (Å²) in [7, 11) is 1.31. The van der Waals surface area contributed by atoms with Crippen molar-refractivity contribution in [3.05, 3.63) is 60.2 Å². The summed E-state index contributed by atoms with van der Waals surface area (Å²) in [5, 5.41) is 1.15. The van der Waals surface area contributed by atoms with Crippen molar-refractivity contribution in [3.63, 3.8) is 0 Å². The van der Waals surface area contributed by atoms with E-state index in [0.29, 0.717) is 39.1 Å². The maximum absolute atomic E-state index is 13.2. The molecule has 4 rings (SSSR count). The number of benzene rings is 2. The van der Waals surface area contributed by atoms with Gasteiger partial charge in [-0.3, -0.25) is 0 Å². The predicted molar refractivity (Wildman–Crippen MR) is 95.0 cm³/mol. The SMILES string of the molecule is COC(=O)c1ccc2oc3ncnc(N(Cl)c4ccc(F)cc4)c3c2c1. The maximum atomic E-state index is 13.2. The van der Waals surface area contributed by atoms with E-state index in [0.717, 1.165) is 0 Å². The van der Waals surface area contributed by atoms with Crippen LogP contribution in [0.4, 0.5) is 15.9 Å². The second-order valence-electron chi connectivity index (χ2n) is 5.44. The molecule has 0 bridgehead atoms. The molecule has 26 heavy (non-hydrogen) atoms. The Hall–Kier alpha value is -3.19. The van der Waals surface area contributed by atoms with Gasteiger partial charge < -0.3 is 9.15 Å². The summed E-state index contributed by atoms with van der Waals surface area (Å²) in [5.74, 6) is -0.493. The zero-order valence-electron chi connectivity index (χ0n) is 13.4. The Balaban J connectivity index is 1.94. The lowest BCUT2D eigenvalue weighted by Gasteiger charge is -2.15. The second-order valence-corrected chi connectivity index (χ2v) is 5.78. The van der Waals surface area contributed by atoms with Crippen LogP contribution in [0.1, 0.15) is 10.4 Å². The van der Waals surface area contributed by atoms with Gasteiger partial charge >= 0.3 is 5.97 Å². The minimum Gasteiger partial charge on any atom is -0.465 e. The average Bonchev–Trinajstić information content (AvgIpc) is 3.05. The molecule has 0 amide bonds. The van der Waals surface area contributed by atoms with E-state index in [-0.39, 0.29) is 5.82 Å². The molecular weight excluding hydrogens is 361 g/mol. The van der Waals surface area contributed by atoms with Gasteiger partial charge in [-0.1, -0.05) is 0 Å². The summed E-state index contributed by atoms with van der Waals surface area (Å²) in [6.07, 6.45) is 1.32. The number of anilines is 2. The predicted octanol–water partition coefficient (Wildman–Crippen LogP) is 4.59. The van der Waals surface area contributed by atoms with Crippen LogP contribution in [0.2, 0.25) is 0 Å². The van der Waals surface area contributed by atoms with Crippen LogP contribution in [0.5, 0.6) is 0 Å². The number of carbonyl (C=O) groups excluding carboxylic acids is 1. The van der Waals surface area contributed by atoms with Gasteiger partial charge in [0.15, 0.2) is 5.82 Å². The van der Waals surface area contributed by atoms with Crippen molar-refractivity contribution in [3.8, 4) is 0 Å². The highest BCUT2D eigenvalue weighted by Gasteiger charge is 2.20. The molecule has 130 valence electrons. The van der Waals surface area contributed by atoms with Crippen molar-refractivity contribution in [2.45, 2.75) is 0 Å². The Kier molecular flexibility index (Phi) is 3.93. The standard InChI is InChI=1S/C18H11ClFN3O3/c1-25-18(24)10-2-7-14-13(8-10)15-16(21-9-22-17(15)26-14)23(19)12-5-3-11(20)4-6-12/h2-9H,1H3. The Bertz CT molecular complexity index is 1130. The van der Waals surface area contributed by atoms with Crippen LogP contribution < -0.4 is 4.42 Å². The van der Waals surface area contributed by atoms with E-state index < -0.39 is 5.97 Å². The van der Waals surface area contributed by atoms with Crippen molar-refractivity contribution < 1.29 is 18.3 Å². The molecule has 0 aliphatic heterocycles. The van der Waals surface area contributed by atoms with Crippen LogP contribution in [-0.2, 0) is 4.74 Å². The lowest BCUT2D eigenvalue weighted by Crippen LogP contribution is -2.05. The number of nitrogens with zero attached hydrogens (tertiary/aromatic N) is 3. The van der Waals surface area contributed by atoms with Crippen molar-refractivity contribution in [1.82, 2.24) is 9.97 Å². The molecular formula is C18H11ClFN3O3. The number of furan rings is 1. The van der Waals surface area contributed by atoms with E-state index in [1.165, 1.54) is 42.1 Å². The van der Waals surface area contributed by atoms with Gasteiger partial charge in [0.25, 0.3) is 0 Å². The summed E-state index contributed by atoms with van der Waals surface area (Å²) >= 11 is 6.44. The van der Waals surface area contributed by atoms with Crippen LogP contribution in [0.15, 0.2) is 53.2 Å². The number of fused-ring (bicyclic) bond motifs is 3. The summed E-state index contributed by atoms with van der Waals surface area (Å²) in [6, 6.07) is 10.5. The highest BCUT2D eigenvalue weighted by Crippen LogP contribution is 2.37. The van der Waals surface area contributed by atoms with Crippen LogP contribution in [0, 0.1) is 5.82 Å². The van der Waals surface area contributed by atoms with Crippen LogP contribution in [0.3, 0.4) is 0 Å². The fraction of sp³-hybridized carbons (Fsp3) is 0.0556.